The van der Waals surface area contributed by atoms with Crippen LogP contribution in [0.5, 0.6) is 0 Å². The topological polar surface area (TPSA) is 10.9 Å². The summed E-state index contributed by atoms with van der Waals surface area (Å²) in [6, 6.07) is 72.7. The highest BCUT2D eigenvalue weighted by Gasteiger charge is 2.23. The standard InChI is InChI=1S/C64H53N3/c1-40-16-8-12-20-57(40)65(58-21-13-9-17-41(58)2)51-30-26-45-34-53-55-36-49(44-24-28-50(29-25-44)64(5,6)7)37-56-54-35-46-27-31-52(33-48(46)39-62(54)67(63(55)56)61(53)38-47(45)32-51)66(59-22-14-10-18-42(59)3)60-23-15-11-19-43(60)4/h8-39H,1-7H3. The number of aryl methyl sites for hydroxylation is 4. The van der Waals surface area contributed by atoms with Crippen LogP contribution in [-0.2, 0) is 5.41 Å². The summed E-state index contributed by atoms with van der Waals surface area (Å²) in [6.45, 7) is 15.7. The molecule has 0 radical (unpaired) electrons. The van der Waals surface area contributed by atoms with Crippen LogP contribution in [0.4, 0.5) is 34.1 Å². The van der Waals surface area contributed by atoms with Crippen molar-refractivity contribution < 1.29 is 0 Å². The Balaban J connectivity index is 1.12. The maximum atomic E-state index is 2.56. The summed E-state index contributed by atoms with van der Waals surface area (Å²) in [5.74, 6) is 0. The Labute approximate surface area is 393 Å². The van der Waals surface area contributed by atoms with E-state index in [-0.39, 0.29) is 5.41 Å². The molecule has 3 heteroatoms. The molecule has 0 spiro atoms. The van der Waals surface area contributed by atoms with Crippen LogP contribution in [0.2, 0.25) is 0 Å². The van der Waals surface area contributed by atoms with E-state index in [2.05, 4.69) is 257 Å². The maximum Gasteiger partial charge on any atom is 0.0620 e. The molecule has 0 fully saturated rings. The molecule has 0 atom stereocenters. The van der Waals surface area contributed by atoms with Crippen molar-refractivity contribution in [3.8, 4) is 11.1 Å². The molecule has 0 unspecified atom stereocenters. The van der Waals surface area contributed by atoms with E-state index in [9.17, 15) is 0 Å². The van der Waals surface area contributed by atoms with E-state index >= 15 is 0 Å². The second-order valence-electron chi connectivity index (χ2n) is 19.7. The van der Waals surface area contributed by atoms with Crippen LogP contribution < -0.4 is 9.80 Å². The van der Waals surface area contributed by atoms with Gasteiger partial charge in [-0.25, -0.2) is 0 Å². The van der Waals surface area contributed by atoms with Gasteiger partial charge in [-0.15, -0.1) is 0 Å². The third-order valence-electron chi connectivity index (χ3n) is 14.3. The van der Waals surface area contributed by atoms with Gasteiger partial charge in [0.2, 0.25) is 0 Å². The van der Waals surface area contributed by atoms with E-state index in [4.69, 9.17) is 0 Å². The number of hydrogen-bond donors (Lipinski definition) is 0. The minimum absolute atomic E-state index is 0.0819. The van der Waals surface area contributed by atoms with Crippen LogP contribution >= 0.6 is 0 Å². The monoisotopic (exact) mass is 863 g/mol. The van der Waals surface area contributed by atoms with Gasteiger partial charge >= 0.3 is 0 Å². The Morgan fingerprint density at radius 1 is 0.343 bits per heavy atom. The number of aromatic nitrogens is 1. The quantitative estimate of drug-likeness (QED) is 0.158. The zero-order valence-electron chi connectivity index (χ0n) is 39.3. The van der Waals surface area contributed by atoms with Crippen LogP contribution in [0.1, 0.15) is 48.6 Å². The normalized spacial score (nSPS) is 12.1. The van der Waals surface area contributed by atoms with E-state index in [1.165, 1.54) is 121 Å². The summed E-state index contributed by atoms with van der Waals surface area (Å²) in [4.78, 5) is 4.85. The molecule has 0 N–H and O–H groups in total. The fourth-order valence-corrected chi connectivity index (χ4v) is 10.7. The fraction of sp³-hybridized carbons (Fsp3) is 0.125. The third-order valence-corrected chi connectivity index (χ3v) is 14.3. The first-order valence-corrected chi connectivity index (χ1v) is 23.6. The molecule has 0 bridgehead atoms. The molecule has 0 aliphatic rings. The molecule has 0 saturated heterocycles. The largest absolute Gasteiger partial charge is 0.310 e. The summed E-state index contributed by atoms with van der Waals surface area (Å²) in [6.07, 6.45) is 0. The minimum Gasteiger partial charge on any atom is -0.310 e. The van der Waals surface area contributed by atoms with Gasteiger partial charge in [0.15, 0.2) is 0 Å². The third kappa shape index (κ3) is 6.63. The molecule has 0 saturated carbocycles. The highest BCUT2D eigenvalue weighted by Crippen LogP contribution is 2.47. The lowest BCUT2D eigenvalue weighted by Crippen LogP contribution is -2.12. The van der Waals surface area contributed by atoms with Crippen LogP contribution in [0, 0.1) is 27.7 Å². The summed E-state index contributed by atoms with van der Waals surface area (Å²) in [5, 5.41) is 9.96. The average Bonchev–Trinajstić information content (AvgIpc) is 3.82. The lowest BCUT2D eigenvalue weighted by Gasteiger charge is -2.28. The first-order chi connectivity index (χ1) is 32.5. The molecule has 3 nitrogen and oxygen atoms in total. The second-order valence-corrected chi connectivity index (χ2v) is 19.7. The van der Waals surface area contributed by atoms with Crippen molar-refractivity contribution in [2.24, 2.45) is 0 Å². The number of para-hydroxylation sites is 4. The Morgan fingerprint density at radius 2 is 0.731 bits per heavy atom. The number of nitrogens with zero attached hydrogens (tertiary/aromatic N) is 3. The van der Waals surface area contributed by atoms with Crippen molar-refractivity contribution in [2.75, 3.05) is 9.80 Å². The molecule has 0 aliphatic carbocycles. The Bertz CT molecular complexity index is 3590. The molecule has 2 aromatic heterocycles. The average molecular weight is 864 g/mol. The molecule has 12 rings (SSSR count). The van der Waals surface area contributed by atoms with Crippen molar-refractivity contribution >= 4 is 93.8 Å². The van der Waals surface area contributed by atoms with Crippen molar-refractivity contribution in [3.05, 3.63) is 222 Å². The smallest absolute Gasteiger partial charge is 0.0620 e. The predicted octanol–water partition coefficient (Wildman–Crippen LogP) is 18.3. The lowest BCUT2D eigenvalue weighted by atomic mass is 9.86. The molecular weight excluding hydrogens is 811 g/mol. The van der Waals surface area contributed by atoms with Gasteiger partial charge in [-0.3, -0.25) is 0 Å². The molecule has 324 valence electrons. The molecule has 2 heterocycles. The summed E-state index contributed by atoms with van der Waals surface area (Å²) >= 11 is 0. The SMILES string of the molecule is Cc1ccccc1N(c1ccc2cc3c4cc(-c5ccc(C(C)(C)C)cc5)cc5c6cc7ccc(N(c8ccccc8C)c8ccccc8C)cc7cc6n(c3cc2c1)c45)c1ccccc1C. The zero-order chi connectivity index (χ0) is 45.7. The first kappa shape index (κ1) is 40.6. The molecule has 0 amide bonds. The first-order valence-electron chi connectivity index (χ1n) is 23.6. The second kappa shape index (κ2) is 15.4. The highest BCUT2D eigenvalue weighted by atomic mass is 15.2. The van der Waals surface area contributed by atoms with Gasteiger partial charge in [-0.1, -0.05) is 130 Å². The molecule has 0 aliphatic heterocycles. The number of benzene rings is 10. The number of fused-ring (bicyclic) bond motifs is 8. The predicted molar refractivity (Wildman–Crippen MR) is 289 cm³/mol. The van der Waals surface area contributed by atoms with Gasteiger partial charge in [-0.05, 0) is 179 Å². The van der Waals surface area contributed by atoms with E-state index < -0.39 is 0 Å². The number of hydrogen-bond acceptors (Lipinski definition) is 2. The lowest BCUT2D eigenvalue weighted by molar-refractivity contribution is 0.590. The molecule has 67 heavy (non-hydrogen) atoms. The number of anilines is 6. The van der Waals surface area contributed by atoms with Gasteiger partial charge < -0.3 is 14.2 Å². The van der Waals surface area contributed by atoms with Crippen molar-refractivity contribution in [2.45, 2.75) is 53.9 Å². The summed E-state index contributed by atoms with van der Waals surface area (Å²) in [7, 11) is 0. The van der Waals surface area contributed by atoms with Gasteiger partial charge in [-0.2, -0.15) is 0 Å². The fourth-order valence-electron chi connectivity index (χ4n) is 10.7. The van der Waals surface area contributed by atoms with Gasteiger partial charge in [0.1, 0.15) is 0 Å². The van der Waals surface area contributed by atoms with Crippen LogP contribution in [-0.4, -0.2) is 4.40 Å². The van der Waals surface area contributed by atoms with Crippen LogP contribution in [0.15, 0.2) is 194 Å². The molecule has 10 aromatic carbocycles. The summed E-state index contributed by atoms with van der Waals surface area (Å²) < 4.78 is 2.56. The summed E-state index contributed by atoms with van der Waals surface area (Å²) in [5.41, 5.74) is 19.5. The maximum absolute atomic E-state index is 2.56. The Morgan fingerprint density at radius 3 is 1.10 bits per heavy atom. The Kier molecular flexibility index (Phi) is 9.31. The Hall–Kier alpha value is -7.88. The van der Waals surface area contributed by atoms with Gasteiger partial charge in [0.05, 0.1) is 16.6 Å². The van der Waals surface area contributed by atoms with Crippen LogP contribution in [0.25, 0.3) is 70.8 Å². The molecule has 12 aromatic rings. The van der Waals surface area contributed by atoms with Crippen LogP contribution in [0.3, 0.4) is 0 Å². The number of rotatable bonds is 7. The van der Waals surface area contributed by atoms with Crippen molar-refractivity contribution in [1.82, 2.24) is 4.40 Å². The van der Waals surface area contributed by atoms with E-state index in [0.29, 0.717) is 0 Å². The van der Waals surface area contributed by atoms with Gasteiger partial charge in [0, 0.05) is 55.7 Å². The zero-order valence-corrected chi connectivity index (χ0v) is 39.3. The van der Waals surface area contributed by atoms with E-state index in [0.717, 1.165) is 11.4 Å². The van der Waals surface area contributed by atoms with E-state index in [1.807, 2.05) is 0 Å². The highest BCUT2D eigenvalue weighted by molar-refractivity contribution is 6.27. The van der Waals surface area contributed by atoms with Gasteiger partial charge in [0.25, 0.3) is 0 Å². The minimum atomic E-state index is 0.0819. The van der Waals surface area contributed by atoms with Crippen molar-refractivity contribution in [3.63, 3.8) is 0 Å². The van der Waals surface area contributed by atoms with E-state index in [1.54, 1.807) is 0 Å². The van der Waals surface area contributed by atoms with Crippen molar-refractivity contribution in [1.29, 1.82) is 0 Å². The molecular formula is C64H53N3.